The van der Waals surface area contributed by atoms with E-state index in [9.17, 15) is 0 Å². The van der Waals surface area contributed by atoms with Crippen molar-refractivity contribution in [2.45, 2.75) is 34.1 Å². The molecule has 0 amide bonds. The summed E-state index contributed by atoms with van der Waals surface area (Å²) < 4.78 is 5.54. The standard InChI is InChI=1S/C14H26N4O/c1-5-15-14-17-9-12(4)13(18-14)16-7-6-8-19-10-11(2)3/h9,11H,5-8,10H2,1-4H3,(H2,15,16,17,18). The Labute approximate surface area is 116 Å². The molecule has 1 heterocycles. The van der Waals surface area contributed by atoms with Crippen molar-refractivity contribution in [2.24, 2.45) is 5.92 Å². The van der Waals surface area contributed by atoms with E-state index in [-0.39, 0.29) is 0 Å². The Balaban J connectivity index is 2.30. The third kappa shape index (κ3) is 6.38. The molecule has 0 unspecified atom stereocenters. The highest BCUT2D eigenvalue weighted by Crippen LogP contribution is 2.12. The maximum atomic E-state index is 5.54. The number of ether oxygens (including phenoxy) is 1. The van der Waals surface area contributed by atoms with Crippen LogP contribution in [0.2, 0.25) is 0 Å². The zero-order valence-electron chi connectivity index (χ0n) is 12.5. The average Bonchev–Trinajstić information content (AvgIpc) is 2.37. The van der Waals surface area contributed by atoms with Crippen LogP contribution in [-0.4, -0.2) is 36.3 Å². The lowest BCUT2D eigenvalue weighted by molar-refractivity contribution is 0.110. The van der Waals surface area contributed by atoms with E-state index in [1.54, 1.807) is 0 Å². The summed E-state index contributed by atoms with van der Waals surface area (Å²) in [5, 5.41) is 6.44. The Morgan fingerprint density at radius 3 is 2.79 bits per heavy atom. The molecule has 0 radical (unpaired) electrons. The Morgan fingerprint density at radius 2 is 2.11 bits per heavy atom. The van der Waals surface area contributed by atoms with Gasteiger partial charge >= 0.3 is 0 Å². The summed E-state index contributed by atoms with van der Waals surface area (Å²) in [4.78, 5) is 8.65. The fraction of sp³-hybridized carbons (Fsp3) is 0.714. The Morgan fingerprint density at radius 1 is 1.32 bits per heavy atom. The van der Waals surface area contributed by atoms with E-state index in [0.717, 1.165) is 44.1 Å². The second-order valence-corrected chi connectivity index (χ2v) is 5.00. The topological polar surface area (TPSA) is 59.1 Å². The van der Waals surface area contributed by atoms with Crippen molar-refractivity contribution in [3.8, 4) is 0 Å². The maximum Gasteiger partial charge on any atom is 0.224 e. The maximum absolute atomic E-state index is 5.54. The van der Waals surface area contributed by atoms with E-state index in [1.165, 1.54) is 0 Å². The summed E-state index contributed by atoms with van der Waals surface area (Å²) in [5.74, 6) is 2.17. The van der Waals surface area contributed by atoms with Gasteiger partial charge in [-0.05, 0) is 26.2 Å². The van der Waals surface area contributed by atoms with Gasteiger partial charge in [0.2, 0.25) is 5.95 Å². The van der Waals surface area contributed by atoms with Gasteiger partial charge in [0, 0.05) is 38.1 Å². The number of hydrogen-bond donors (Lipinski definition) is 2. The van der Waals surface area contributed by atoms with Gasteiger partial charge in [-0.2, -0.15) is 4.98 Å². The van der Waals surface area contributed by atoms with Crippen molar-refractivity contribution in [1.29, 1.82) is 0 Å². The van der Waals surface area contributed by atoms with Gasteiger partial charge in [-0.15, -0.1) is 0 Å². The fourth-order valence-corrected chi connectivity index (χ4v) is 1.56. The number of nitrogens with one attached hydrogen (secondary N) is 2. The van der Waals surface area contributed by atoms with Gasteiger partial charge in [0.1, 0.15) is 5.82 Å². The molecule has 5 nitrogen and oxygen atoms in total. The first-order valence-electron chi connectivity index (χ1n) is 7.02. The quantitative estimate of drug-likeness (QED) is 0.673. The van der Waals surface area contributed by atoms with E-state index in [4.69, 9.17) is 4.74 Å². The Kier molecular flexibility index (Phi) is 7.18. The molecule has 5 heteroatoms. The van der Waals surface area contributed by atoms with Crippen LogP contribution in [0.4, 0.5) is 11.8 Å². The first kappa shape index (κ1) is 15.7. The van der Waals surface area contributed by atoms with Gasteiger partial charge in [-0.1, -0.05) is 13.8 Å². The van der Waals surface area contributed by atoms with Crippen LogP contribution in [0.15, 0.2) is 6.20 Å². The third-order valence-corrected chi connectivity index (χ3v) is 2.52. The second-order valence-electron chi connectivity index (χ2n) is 5.00. The van der Waals surface area contributed by atoms with Crippen LogP contribution in [-0.2, 0) is 4.74 Å². The molecule has 0 atom stereocenters. The average molecular weight is 266 g/mol. The van der Waals surface area contributed by atoms with Crippen LogP contribution in [0.5, 0.6) is 0 Å². The van der Waals surface area contributed by atoms with Gasteiger partial charge in [-0.25, -0.2) is 4.98 Å². The predicted octanol–water partition coefficient (Wildman–Crippen LogP) is 2.69. The van der Waals surface area contributed by atoms with E-state index < -0.39 is 0 Å². The van der Waals surface area contributed by atoms with Gasteiger partial charge in [0.25, 0.3) is 0 Å². The molecule has 1 aromatic rings. The fourth-order valence-electron chi connectivity index (χ4n) is 1.56. The Bertz CT molecular complexity index is 368. The summed E-state index contributed by atoms with van der Waals surface area (Å²) in [6.45, 7) is 11.7. The molecule has 0 aromatic carbocycles. The van der Waals surface area contributed by atoms with Crippen LogP contribution in [0.1, 0.15) is 32.8 Å². The highest BCUT2D eigenvalue weighted by molar-refractivity contribution is 5.46. The van der Waals surface area contributed by atoms with Gasteiger partial charge in [0.15, 0.2) is 0 Å². The molecule has 0 aliphatic heterocycles. The lowest BCUT2D eigenvalue weighted by atomic mass is 10.2. The molecule has 1 aromatic heterocycles. The van der Waals surface area contributed by atoms with Crippen LogP contribution in [0.25, 0.3) is 0 Å². The molecule has 0 aliphatic rings. The molecule has 19 heavy (non-hydrogen) atoms. The molecule has 0 fully saturated rings. The monoisotopic (exact) mass is 266 g/mol. The molecule has 1 rings (SSSR count). The molecule has 0 aliphatic carbocycles. The molecule has 0 saturated heterocycles. The zero-order valence-corrected chi connectivity index (χ0v) is 12.5. The summed E-state index contributed by atoms with van der Waals surface area (Å²) in [7, 11) is 0. The third-order valence-electron chi connectivity index (χ3n) is 2.52. The minimum absolute atomic E-state index is 0.597. The van der Waals surface area contributed by atoms with E-state index in [1.807, 2.05) is 20.0 Å². The minimum Gasteiger partial charge on any atom is -0.381 e. The molecule has 108 valence electrons. The first-order chi connectivity index (χ1) is 9.13. The van der Waals surface area contributed by atoms with Crippen molar-refractivity contribution in [3.63, 3.8) is 0 Å². The normalized spacial score (nSPS) is 10.8. The number of rotatable bonds is 9. The smallest absolute Gasteiger partial charge is 0.224 e. The van der Waals surface area contributed by atoms with Crippen molar-refractivity contribution < 1.29 is 4.74 Å². The molecular weight excluding hydrogens is 240 g/mol. The number of hydrogen-bond acceptors (Lipinski definition) is 5. The lowest BCUT2D eigenvalue weighted by Crippen LogP contribution is -2.11. The number of nitrogens with zero attached hydrogens (tertiary/aromatic N) is 2. The van der Waals surface area contributed by atoms with Gasteiger partial charge in [-0.3, -0.25) is 0 Å². The summed E-state index contributed by atoms with van der Waals surface area (Å²) in [6, 6.07) is 0. The van der Waals surface area contributed by atoms with E-state index in [0.29, 0.717) is 11.9 Å². The summed E-state index contributed by atoms with van der Waals surface area (Å²) in [5.41, 5.74) is 1.06. The van der Waals surface area contributed by atoms with E-state index >= 15 is 0 Å². The van der Waals surface area contributed by atoms with Crippen molar-refractivity contribution >= 4 is 11.8 Å². The van der Waals surface area contributed by atoms with Crippen LogP contribution < -0.4 is 10.6 Å². The van der Waals surface area contributed by atoms with Crippen molar-refractivity contribution in [3.05, 3.63) is 11.8 Å². The molecule has 0 spiro atoms. The highest BCUT2D eigenvalue weighted by atomic mass is 16.5. The van der Waals surface area contributed by atoms with Crippen LogP contribution in [0, 0.1) is 12.8 Å². The predicted molar refractivity (Wildman–Crippen MR) is 79.7 cm³/mol. The minimum atomic E-state index is 0.597. The van der Waals surface area contributed by atoms with Crippen LogP contribution in [0.3, 0.4) is 0 Å². The molecular formula is C14H26N4O. The van der Waals surface area contributed by atoms with Gasteiger partial charge < -0.3 is 15.4 Å². The summed E-state index contributed by atoms with van der Waals surface area (Å²) >= 11 is 0. The molecule has 2 N–H and O–H groups in total. The molecule has 0 saturated carbocycles. The summed E-state index contributed by atoms with van der Waals surface area (Å²) in [6.07, 6.45) is 2.81. The van der Waals surface area contributed by atoms with E-state index in [2.05, 4.69) is 34.4 Å². The SMILES string of the molecule is CCNc1ncc(C)c(NCCCOCC(C)C)n1. The largest absolute Gasteiger partial charge is 0.381 e. The van der Waals surface area contributed by atoms with Gasteiger partial charge in [0.05, 0.1) is 0 Å². The van der Waals surface area contributed by atoms with Crippen molar-refractivity contribution in [1.82, 2.24) is 9.97 Å². The van der Waals surface area contributed by atoms with Crippen molar-refractivity contribution in [2.75, 3.05) is 36.9 Å². The Hall–Kier alpha value is -1.36. The highest BCUT2D eigenvalue weighted by Gasteiger charge is 2.02. The van der Waals surface area contributed by atoms with Crippen LogP contribution >= 0.6 is 0 Å². The molecule has 0 bridgehead atoms. The number of aromatic nitrogens is 2. The second kappa shape index (κ2) is 8.69. The first-order valence-corrected chi connectivity index (χ1v) is 7.02. The number of aryl methyl sites for hydroxylation is 1. The zero-order chi connectivity index (χ0) is 14.1. The lowest BCUT2D eigenvalue weighted by Gasteiger charge is -2.11. The number of anilines is 2.